The number of hydrogen-bond donors (Lipinski definition) is 2. The Morgan fingerprint density at radius 1 is 1.67 bits per heavy atom. The van der Waals surface area contributed by atoms with Gasteiger partial charge >= 0.3 is 0 Å². The number of rotatable bonds is 4. The molecule has 4 nitrogen and oxygen atoms in total. The van der Waals surface area contributed by atoms with Crippen molar-refractivity contribution < 1.29 is 4.74 Å². The van der Waals surface area contributed by atoms with Crippen LogP contribution in [0.3, 0.4) is 0 Å². The Kier molecular flexibility index (Phi) is 3.35. The van der Waals surface area contributed by atoms with Crippen LogP contribution < -0.4 is 15.8 Å². The van der Waals surface area contributed by atoms with E-state index in [0.717, 1.165) is 18.0 Å². The highest BCUT2D eigenvalue weighted by molar-refractivity contribution is 5.53. The van der Waals surface area contributed by atoms with Crippen LogP contribution in [0.5, 0.6) is 5.75 Å². The van der Waals surface area contributed by atoms with Gasteiger partial charge in [0.15, 0.2) is 0 Å². The summed E-state index contributed by atoms with van der Waals surface area (Å²) in [5.74, 6) is 0.790. The van der Waals surface area contributed by atoms with E-state index in [1.165, 1.54) is 0 Å². The minimum absolute atomic E-state index is 0.595. The maximum atomic E-state index is 5.34. The van der Waals surface area contributed by atoms with E-state index in [1.807, 2.05) is 0 Å². The average molecular weight is 167 g/mol. The van der Waals surface area contributed by atoms with Crippen LogP contribution in [0.2, 0.25) is 0 Å². The first kappa shape index (κ1) is 8.80. The highest BCUT2D eigenvalue weighted by Crippen LogP contribution is 2.20. The lowest BCUT2D eigenvalue weighted by Gasteiger charge is -2.08. The summed E-state index contributed by atoms with van der Waals surface area (Å²) in [5.41, 5.74) is 6.22. The van der Waals surface area contributed by atoms with Gasteiger partial charge < -0.3 is 15.8 Å². The van der Waals surface area contributed by atoms with Crippen LogP contribution in [0.4, 0.5) is 5.69 Å². The molecule has 0 amide bonds. The van der Waals surface area contributed by atoms with Gasteiger partial charge in [-0.3, -0.25) is 4.98 Å². The molecule has 12 heavy (non-hydrogen) atoms. The van der Waals surface area contributed by atoms with Crippen LogP contribution in [0.1, 0.15) is 0 Å². The van der Waals surface area contributed by atoms with E-state index in [1.54, 1.807) is 25.6 Å². The molecule has 0 bridgehead atoms. The smallest absolute Gasteiger partial charge is 0.145 e. The van der Waals surface area contributed by atoms with Gasteiger partial charge in [-0.2, -0.15) is 0 Å². The Labute approximate surface area is 71.7 Å². The highest BCUT2D eigenvalue weighted by Gasteiger charge is 1.98. The second-order valence-electron chi connectivity index (χ2n) is 2.29. The third-order valence-electron chi connectivity index (χ3n) is 1.46. The van der Waals surface area contributed by atoms with Crippen molar-refractivity contribution in [2.75, 3.05) is 25.5 Å². The molecule has 0 aromatic carbocycles. The summed E-state index contributed by atoms with van der Waals surface area (Å²) in [5, 5.41) is 3.10. The summed E-state index contributed by atoms with van der Waals surface area (Å²) in [6.07, 6.45) is 3.40. The van der Waals surface area contributed by atoms with E-state index in [4.69, 9.17) is 10.5 Å². The third-order valence-corrected chi connectivity index (χ3v) is 1.46. The molecule has 0 radical (unpaired) electrons. The van der Waals surface area contributed by atoms with Gasteiger partial charge in [-0.25, -0.2) is 0 Å². The van der Waals surface area contributed by atoms with E-state index in [-0.39, 0.29) is 0 Å². The van der Waals surface area contributed by atoms with Crippen LogP contribution in [0.25, 0.3) is 0 Å². The first-order valence-corrected chi connectivity index (χ1v) is 3.80. The van der Waals surface area contributed by atoms with Crippen molar-refractivity contribution in [2.24, 2.45) is 5.73 Å². The van der Waals surface area contributed by atoms with E-state index in [2.05, 4.69) is 10.3 Å². The van der Waals surface area contributed by atoms with Gasteiger partial charge in [-0.1, -0.05) is 0 Å². The van der Waals surface area contributed by atoms with Gasteiger partial charge in [0.05, 0.1) is 19.0 Å². The zero-order valence-electron chi connectivity index (χ0n) is 7.08. The summed E-state index contributed by atoms with van der Waals surface area (Å²) in [7, 11) is 1.63. The van der Waals surface area contributed by atoms with Gasteiger partial charge in [0.2, 0.25) is 0 Å². The second kappa shape index (κ2) is 4.56. The molecule has 0 aliphatic carbocycles. The van der Waals surface area contributed by atoms with E-state index < -0.39 is 0 Å². The van der Waals surface area contributed by atoms with Crippen LogP contribution >= 0.6 is 0 Å². The Morgan fingerprint density at radius 3 is 3.17 bits per heavy atom. The van der Waals surface area contributed by atoms with E-state index in [0.29, 0.717) is 6.54 Å². The minimum atomic E-state index is 0.595. The number of nitrogens with one attached hydrogen (secondary N) is 1. The van der Waals surface area contributed by atoms with Crippen molar-refractivity contribution >= 4 is 5.69 Å². The van der Waals surface area contributed by atoms with Gasteiger partial charge in [0.25, 0.3) is 0 Å². The molecule has 0 aliphatic heterocycles. The van der Waals surface area contributed by atoms with E-state index >= 15 is 0 Å². The van der Waals surface area contributed by atoms with Crippen molar-refractivity contribution in [3.63, 3.8) is 0 Å². The molecule has 0 fully saturated rings. The molecule has 0 saturated heterocycles. The van der Waals surface area contributed by atoms with Gasteiger partial charge in [0, 0.05) is 25.4 Å². The van der Waals surface area contributed by atoms with Crippen molar-refractivity contribution in [1.82, 2.24) is 4.98 Å². The molecule has 66 valence electrons. The number of pyridine rings is 1. The lowest BCUT2D eigenvalue weighted by Crippen LogP contribution is -2.13. The zero-order valence-corrected chi connectivity index (χ0v) is 7.08. The third kappa shape index (κ3) is 2.10. The Hall–Kier alpha value is -1.29. The predicted octanol–water partition coefficient (Wildman–Crippen LogP) is 0.461. The van der Waals surface area contributed by atoms with Crippen LogP contribution in [-0.2, 0) is 0 Å². The number of nitrogens with two attached hydrogens (primary N) is 1. The fourth-order valence-electron chi connectivity index (χ4n) is 0.899. The maximum absolute atomic E-state index is 5.34. The molecule has 0 saturated carbocycles. The lowest BCUT2D eigenvalue weighted by atomic mass is 10.4. The first-order chi connectivity index (χ1) is 5.88. The summed E-state index contributed by atoms with van der Waals surface area (Å²) >= 11 is 0. The molecular weight excluding hydrogens is 154 g/mol. The van der Waals surface area contributed by atoms with Crippen LogP contribution in [-0.4, -0.2) is 25.2 Å². The van der Waals surface area contributed by atoms with Gasteiger partial charge in [0.1, 0.15) is 5.75 Å². The van der Waals surface area contributed by atoms with Crippen molar-refractivity contribution in [3.8, 4) is 5.75 Å². The average Bonchev–Trinajstić information content (AvgIpc) is 2.15. The minimum Gasteiger partial charge on any atom is -0.494 e. The van der Waals surface area contributed by atoms with Crippen LogP contribution in [0.15, 0.2) is 18.5 Å². The fourth-order valence-corrected chi connectivity index (χ4v) is 0.899. The fraction of sp³-hybridized carbons (Fsp3) is 0.375. The number of anilines is 1. The monoisotopic (exact) mass is 167 g/mol. The molecule has 0 aliphatic rings. The normalized spacial score (nSPS) is 9.50. The molecule has 0 spiro atoms. The zero-order chi connectivity index (χ0) is 8.81. The molecule has 1 aromatic rings. The summed E-state index contributed by atoms with van der Waals surface area (Å²) in [4.78, 5) is 3.96. The van der Waals surface area contributed by atoms with Gasteiger partial charge in [-0.15, -0.1) is 0 Å². The van der Waals surface area contributed by atoms with Gasteiger partial charge in [-0.05, 0) is 0 Å². The summed E-state index contributed by atoms with van der Waals surface area (Å²) in [6, 6.07) is 1.80. The van der Waals surface area contributed by atoms with Crippen molar-refractivity contribution in [1.29, 1.82) is 0 Å². The lowest BCUT2D eigenvalue weighted by molar-refractivity contribution is 0.416. The Morgan fingerprint density at radius 2 is 2.50 bits per heavy atom. The first-order valence-electron chi connectivity index (χ1n) is 3.80. The molecule has 0 unspecified atom stereocenters. The molecule has 1 rings (SSSR count). The number of hydrogen-bond acceptors (Lipinski definition) is 4. The summed E-state index contributed by atoms with van der Waals surface area (Å²) in [6.45, 7) is 1.32. The van der Waals surface area contributed by atoms with Crippen molar-refractivity contribution in [2.45, 2.75) is 0 Å². The maximum Gasteiger partial charge on any atom is 0.145 e. The highest BCUT2D eigenvalue weighted by atomic mass is 16.5. The number of ether oxygens (including phenoxy) is 1. The Balaban J connectivity index is 2.68. The quantitative estimate of drug-likeness (QED) is 0.684. The molecular formula is C8H13N3O. The predicted molar refractivity (Wildman–Crippen MR) is 48.3 cm³/mol. The standard InChI is InChI=1S/C8H13N3O/c1-12-8-2-4-10-6-7(8)11-5-3-9/h2,4,6,11H,3,5,9H2,1H3. The number of nitrogens with zero attached hydrogens (tertiary/aromatic N) is 1. The van der Waals surface area contributed by atoms with Crippen LogP contribution in [0, 0.1) is 0 Å². The SMILES string of the molecule is COc1ccncc1NCCN. The molecule has 1 heterocycles. The van der Waals surface area contributed by atoms with E-state index in [9.17, 15) is 0 Å². The number of aromatic nitrogens is 1. The summed E-state index contributed by atoms with van der Waals surface area (Å²) < 4.78 is 5.10. The second-order valence-corrected chi connectivity index (χ2v) is 2.29. The largest absolute Gasteiger partial charge is 0.494 e. The Bertz CT molecular complexity index is 239. The molecule has 4 heteroatoms. The molecule has 0 atom stereocenters. The molecule has 3 N–H and O–H groups in total. The molecule has 1 aromatic heterocycles. The van der Waals surface area contributed by atoms with Crippen molar-refractivity contribution in [3.05, 3.63) is 18.5 Å². The topological polar surface area (TPSA) is 60.2 Å². The number of methoxy groups -OCH3 is 1.